The molecule has 4 heteroatoms. The zero-order valence-corrected chi connectivity index (χ0v) is 25.4. The maximum atomic E-state index is 6.25. The van der Waals surface area contributed by atoms with E-state index < -0.39 is 0 Å². The number of para-hydroxylation sites is 1. The van der Waals surface area contributed by atoms with Gasteiger partial charge in [0.15, 0.2) is 11.6 Å². The van der Waals surface area contributed by atoms with Crippen molar-refractivity contribution < 1.29 is 4.42 Å². The van der Waals surface area contributed by atoms with E-state index in [1.165, 1.54) is 54.8 Å². The Morgan fingerprint density at radius 1 is 0.689 bits per heavy atom. The largest absolute Gasteiger partial charge is 0.460 e. The normalized spacial score (nSPS) is 20.6. The van der Waals surface area contributed by atoms with E-state index in [0.717, 1.165) is 86.6 Å². The zero-order chi connectivity index (χ0) is 29.7. The molecule has 0 bridgehead atoms. The number of aromatic nitrogens is 3. The first-order valence-electron chi connectivity index (χ1n) is 16.5. The number of nitrogens with zero attached hydrogens (tertiary/aromatic N) is 3. The van der Waals surface area contributed by atoms with Gasteiger partial charge in [-0.25, -0.2) is 15.0 Å². The molecule has 0 saturated heterocycles. The molecule has 0 aliphatic heterocycles. The summed E-state index contributed by atoms with van der Waals surface area (Å²) >= 11 is 0. The second-order valence-corrected chi connectivity index (χ2v) is 12.8. The Hall–Kier alpha value is -4.83. The van der Waals surface area contributed by atoms with Gasteiger partial charge >= 0.3 is 0 Å². The van der Waals surface area contributed by atoms with Crippen LogP contribution in [0.4, 0.5) is 0 Å². The summed E-state index contributed by atoms with van der Waals surface area (Å²) < 4.78 is 6.25. The molecule has 220 valence electrons. The first kappa shape index (κ1) is 26.6. The fraction of sp³-hybridized carbons (Fsp3) is 0.244. The number of fused-ring (bicyclic) bond motifs is 4. The highest BCUT2D eigenvalue weighted by Crippen LogP contribution is 2.40. The predicted molar refractivity (Wildman–Crippen MR) is 182 cm³/mol. The molecule has 5 aliphatic carbocycles. The van der Waals surface area contributed by atoms with Crippen LogP contribution < -0.4 is 10.4 Å². The van der Waals surface area contributed by atoms with Gasteiger partial charge in [0.05, 0.1) is 0 Å². The minimum Gasteiger partial charge on any atom is -0.460 e. The molecule has 2 aromatic carbocycles. The van der Waals surface area contributed by atoms with E-state index in [0.29, 0.717) is 0 Å². The topological polar surface area (TPSA) is 51.8 Å². The van der Waals surface area contributed by atoms with Crippen LogP contribution in [-0.4, -0.2) is 15.0 Å². The molecule has 0 N–H and O–H groups in total. The number of hydrogen-bond acceptors (Lipinski definition) is 4. The lowest BCUT2D eigenvalue weighted by Crippen LogP contribution is -2.32. The van der Waals surface area contributed by atoms with Crippen molar-refractivity contribution in [3.05, 3.63) is 141 Å². The average Bonchev–Trinajstić information content (AvgIpc) is 3.49. The fourth-order valence-electron chi connectivity index (χ4n) is 7.69. The van der Waals surface area contributed by atoms with Gasteiger partial charge in [-0.15, -0.1) is 0 Å². The van der Waals surface area contributed by atoms with Crippen molar-refractivity contribution in [2.45, 2.75) is 63.7 Å². The van der Waals surface area contributed by atoms with Gasteiger partial charge in [-0.1, -0.05) is 85.0 Å². The Morgan fingerprint density at radius 2 is 1.53 bits per heavy atom. The minimum atomic E-state index is 0.0649. The van der Waals surface area contributed by atoms with Gasteiger partial charge in [0, 0.05) is 23.3 Å². The first-order chi connectivity index (χ1) is 22.3. The van der Waals surface area contributed by atoms with Crippen LogP contribution in [0, 0.1) is 0 Å². The molecule has 0 fully saturated rings. The molecule has 5 aliphatic rings. The Balaban J connectivity index is 1.16. The van der Waals surface area contributed by atoms with Gasteiger partial charge in [-0.05, 0) is 107 Å². The summed E-state index contributed by atoms with van der Waals surface area (Å²) in [6, 6.07) is 17.2. The van der Waals surface area contributed by atoms with E-state index in [4.69, 9.17) is 19.4 Å². The Bertz CT molecular complexity index is 2200. The summed E-state index contributed by atoms with van der Waals surface area (Å²) in [4.78, 5) is 15.6. The summed E-state index contributed by atoms with van der Waals surface area (Å²) in [7, 11) is 0. The number of hydrogen-bond donors (Lipinski definition) is 0. The van der Waals surface area contributed by atoms with Crippen molar-refractivity contribution in [1.82, 2.24) is 15.0 Å². The lowest BCUT2D eigenvalue weighted by atomic mass is 9.82. The molecule has 45 heavy (non-hydrogen) atoms. The van der Waals surface area contributed by atoms with Crippen LogP contribution in [0.25, 0.3) is 39.8 Å². The monoisotopic (exact) mass is 585 g/mol. The standard InChI is InChI=1S/C41H35N3O/c1-2-11-27(12-3-1)39-42-40(31-19-18-26-10-4-5-13-28(26)22-31)44-41(43-39)32-23-29-14-6-7-15-33(29)35(25-32)30-20-21-38-36(24-30)34-16-8-9-17-37(34)45-38/h1-2,4,6-11,14-17,22-24,32H,3,5,12-13,18-21,25H2. The van der Waals surface area contributed by atoms with Crippen molar-refractivity contribution in [1.29, 1.82) is 0 Å². The highest BCUT2D eigenvalue weighted by Gasteiger charge is 2.27. The third kappa shape index (κ3) is 4.80. The predicted octanol–water partition coefficient (Wildman–Crippen LogP) is 8.32. The summed E-state index contributed by atoms with van der Waals surface area (Å²) in [5.74, 6) is 3.74. The summed E-state index contributed by atoms with van der Waals surface area (Å²) in [5, 5.41) is 3.79. The molecule has 0 spiro atoms. The molecule has 0 radical (unpaired) electrons. The number of furan rings is 1. The Labute approximate surface area is 263 Å². The lowest BCUT2D eigenvalue weighted by molar-refractivity contribution is 0.544. The van der Waals surface area contributed by atoms with Crippen LogP contribution in [0.15, 0.2) is 106 Å². The van der Waals surface area contributed by atoms with Crippen LogP contribution in [-0.2, 0) is 6.42 Å². The van der Waals surface area contributed by atoms with E-state index >= 15 is 0 Å². The van der Waals surface area contributed by atoms with Gasteiger partial charge in [0.2, 0.25) is 0 Å². The molecule has 2 heterocycles. The van der Waals surface area contributed by atoms with Crippen molar-refractivity contribution in [3.8, 4) is 0 Å². The second-order valence-electron chi connectivity index (χ2n) is 12.8. The molecule has 0 amide bonds. The Morgan fingerprint density at radius 3 is 2.47 bits per heavy atom. The van der Waals surface area contributed by atoms with Gasteiger partial charge in [0.25, 0.3) is 0 Å². The first-order valence-corrected chi connectivity index (χ1v) is 16.5. The third-order valence-corrected chi connectivity index (χ3v) is 10.0. The summed E-state index contributed by atoms with van der Waals surface area (Å²) in [6.45, 7) is 0. The van der Waals surface area contributed by atoms with E-state index in [1.807, 2.05) is 0 Å². The highest BCUT2D eigenvalue weighted by atomic mass is 16.3. The second kappa shape index (κ2) is 11.0. The SMILES string of the molecule is C1=CCCC(c2nc(C3=CC4=C(C=CCC4)CC3)nc(C3C=c4ccccc4=C(C4=Cc5c(oc6ccccc56)CC4)C3)n2)=C1. The summed E-state index contributed by atoms with van der Waals surface area (Å²) in [6.07, 6.45) is 27.3. The van der Waals surface area contributed by atoms with Crippen molar-refractivity contribution in [3.63, 3.8) is 0 Å². The van der Waals surface area contributed by atoms with Gasteiger partial charge < -0.3 is 4.42 Å². The van der Waals surface area contributed by atoms with Crippen LogP contribution in [0.3, 0.4) is 0 Å². The van der Waals surface area contributed by atoms with Crippen molar-refractivity contribution in [2.75, 3.05) is 0 Å². The third-order valence-electron chi connectivity index (χ3n) is 10.0. The molecule has 4 aromatic rings. The summed E-state index contributed by atoms with van der Waals surface area (Å²) in [5.41, 5.74) is 10.4. The van der Waals surface area contributed by atoms with Crippen LogP contribution >= 0.6 is 0 Å². The maximum absolute atomic E-state index is 6.25. The molecular formula is C41H35N3O. The van der Waals surface area contributed by atoms with E-state index in [9.17, 15) is 0 Å². The van der Waals surface area contributed by atoms with Gasteiger partial charge in [-0.3, -0.25) is 0 Å². The average molecular weight is 586 g/mol. The Kier molecular flexibility index (Phi) is 6.47. The smallest absolute Gasteiger partial charge is 0.159 e. The number of benzene rings is 2. The lowest BCUT2D eigenvalue weighted by Gasteiger charge is -2.24. The van der Waals surface area contributed by atoms with E-state index in [-0.39, 0.29) is 5.92 Å². The van der Waals surface area contributed by atoms with E-state index in [1.54, 1.807) is 0 Å². The fourth-order valence-corrected chi connectivity index (χ4v) is 7.69. The molecule has 1 atom stereocenters. The van der Waals surface area contributed by atoms with E-state index in [2.05, 4.69) is 97.1 Å². The number of rotatable bonds is 4. The van der Waals surface area contributed by atoms with Gasteiger partial charge in [0.1, 0.15) is 17.2 Å². The molecule has 0 saturated carbocycles. The van der Waals surface area contributed by atoms with Crippen LogP contribution in [0.1, 0.15) is 86.1 Å². The van der Waals surface area contributed by atoms with Gasteiger partial charge in [-0.2, -0.15) is 0 Å². The number of aryl methyl sites for hydroxylation is 1. The van der Waals surface area contributed by atoms with Crippen LogP contribution in [0.5, 0.6) is 0 Å². The maximum Gasteiger partial charge on any atom is 0.159 e. The molecule has 9 rings (SSSR count). The molecular weight excluding hydrogens is 550 g/mol. The van der Waals surface area contributed by atoms with Crippen LogP contribution in [0.2, 0.25) is 0 Å². The molecule has 4 nitrogen and oxygen atoms in total. The molecule has 2 aromatic heterocycles. The van der Waals surface area contributed by atoms with Crippen molar-refractivity contribution >= 4 is 39.8 Å². The minimum absolute atomic E-state index is 0.0649. The molecule has 1 unspecified atom stereocenters. The zero-order valence-electron chi connectivity index (χ0n) is 25.4. The number of allylic oxidation sites excluding steroid dienone is 11. The van der Waals surface area contributed by atoms with Crippen molar-refractivity contribution in [2.24, 2.45) is 0 Å². The highest BCUT2D eigenvalue weighted by molar-refractivity contribution is 5.92. The quantitative estimate of drug-likeness (QED) is 0.242.